The first kappa shape index (κ1) is 47.8. The molecule has 14 nitrogen and oxygen atoms in total. The molecule has 0 aromatic carbocycles. The van der Waals surface area contributed by atoms with Crippen LogP contribution in [0.25, 0.3) is 0 Å². The molecule has 0 unspecified atom stereocenters. The average Bonchev–Trinajstić information content (AvgIpc) is 2.98. The number of likely N-dealkylation sites (N-methyl/N-ethyl adjacent to an activating group) is 2. The van der Waals surface area contributed by atoms with Gasteiger partial charge in [-0.05, 0) is 0 Å². The zero-order valence-corrected chi connectivity index (χ0v) is 31.9. The second-order valence-corrected chi connectivity index (χ2v) is 10.5. The van der Waals surface area contributed by atoms with Crippen LogP contribution in [0.2, 0.25) is 0 Å². The van der Waals surface area contributed by atoms with Gasteiger partial charge in [0.05, 0.1) is 0 Å². The normalized spacial score (nSPS) is 13.1. The van der Waals surface area contributed by atoms with E-state index in [0.29, 0.717) is 13.2 Å². The molecule has 0 fully saturated rings. The van der Waals surface area contributed by atoms with Gasteiger partial charge in [0.2, 0.25) is 0 Å². The first-order valence-electron chi connectivity index (χ1n) is 15.4. The maximum absolute atomic E-state index is 6.59. The van der Waals surface area contributed by atoms with Gasteiger partial charge in [0.25, 0.3) is 0 Å². The van der Waals surface area contributed by atoms with Crippen LogP contribution in [0.3, 0.4) is 0 Å². The molecular weight excluding hydrogens is 825 g/mol. The number of ether oxygens (including phenoxy) is 10. The van der Waals surface area contributed by atoms with Gasteiger partial charge in [0.15, 0.2) is 0 Å². The third-order valence-corrected chi connectivity index (χ3v) is 8.03. The molecule has 0 spiro atoms. The van der Waals surface area contributed by atoms with Gasteiger partial charge in [0.1, 0.15) is 0 Å². The van der Waals surface area contributed by atoms with Crippen LogP contribution >= 0.6 is 0 Å². The summed E-state index contributed by atoms with van der Waals surface area (Å²) in [6.45, 7) is 21.7. The van der Waals surface area contributed by atoms with Crippen LogP contribution in [0.15, 0.2) is 0 Å². The van der Waals surface area contributed by atoms with Gasteiger partial charge < -0.3 is 0 Å². The fourth-order valence-electron chi connectivity index (χ4n) is 4.30. The summed E-state index contributed by atoms with van der Waals surface area (Å²) in [5, 5.41) is 0. The molecule has 0 amide bonds. The van der Waals surface area contributed by atoms with E-state index in [1.54, 1.807) is 23.9 Å². The Hall–Kier alpha value is 1.66. The topological polar surface area (TPSA) is 117 Å². The second kappa shape index (κ2) is 26.5. The van der Waals surface area contributed by atoms with Gasteiger partial charge in [-0.3, -0.25) is 0 Å². The van der Waals surface area contributed by atoms with Crippen LogP contribution in [0.4, 0.5) is 0 Å². The molecule has 0 atom stereocenters. The predicted molar refractivity (Wildman–Crippen MR) is 163 cm³/mol. The van der Waals surface area contributed by atoms with Crippen molar-refractivity contribution in [3.05, 3.63) is 0 Å². The van der Waals surface area contributed by atoms with Crippen LogP contribution in [0, 0.1) is 0 Å². The quantitative estimate of drug-likeness (QED) is 0.0778. The molecule has 44 heavy (non-hydrogen) atoms. The van der Waals surface area contributed by atoms with E-state index in [9.17, 15) is 0 Å². The van der Waals surface area contributed by atoms with Crippen molar-refractivity contribution in [2.75, 3.05) is 93.6 Å². The van der Waals surface area contributed by atoms with Crippen molar-refractivity contribution in [1.29, 1.82) is 0 Å². The third kappa shape index (κ3) is 12.5. The summed E-state index contributed by atoms with van der Waals surface area (Å²) in [6, 6.07) is 0. The minimum absolute atomic E-state index is 0. The van der Waals surface area contributed by atoms with Crippen molar-refractivity contribution < 1.29 is 74.4 Å². The summed E-state index contributed by atoms with van der Waals surface area (Å²) >= 11 is -2.66. The number of hydrogen-bond donors (Lipinski definition) is 0. The molecule has 0 aliphatic carbocycles. The SMILES string of the molecule is CCOCN(C)C(OCC)(OCC)C(OCC)(OCC)[O][Ta][O]C(OCC)(OCC)C(OCC)(OCC)N(C)COCC.[SrH2]. The monoisotopic (exact) mass is 887 g/mol. The summed E-state index contributed by atoms with van der Waals surface area (Å²) in [4.78, 5) is 3.43. The van der Waals surface area contributed by atoms with Gasteiger partial charge in [-0.1, -0.05) is 0 Å². The summed E-state index contributed by atoms with van der Waals surface area (Å²) < 4.78 is 74.8. The summed E-state index contributed by atoms with van der Waals surface area (Å²) in [6.07, 6.45) is 0. The first-order valence-corrected chi connectivity index (χ1v) is 18.0. The maximum atomic E-state index is 6.59. The van der Waals surface area contributed by atoms with Crippen molar-refractivity contribution in [1.82, 2.24) is 9.80 Å². The van der Waals surface area contributed by atoms with E-state index in [1.807, 2.05) is 69.2 Å². The average molecular weight is 887 g/mol. The van der Waals surface area contributed by atoms with E-state index in [1.165, 1.54) is 0 Å². The molecular formula is C28H62N2O12SrTa. The van der Waals surface area contributed by atoms with Crippen molar-refractivity contribution in [3.63, 3.8) is 0 Å². The van der Waals surface area contributed by atoms with E-state index in [2.05, 4.69) is 0 Å². The van der Waals surface area contributed by atoms with Gasteiger partial charge in [0, 0.05) is 0 Å². The molecule has 0 aliphatic heterocycles. The van der Waals surface area contributed by atoms with Crippen molar-refractivity contribution in [2.24, 2.45) is 0 Å². The van der Waals surface area contributed by atoms with Crippen LogP contribution in [-0.2, 0) is 74.4 Å². The Morgan fingerprint density at radius 1 is 0.409 bits per heavy atom. The molecule has 0 saturated heterocycles. The molecule has 0 bridgehead atoms. The van der Waals surface area contributed by atoms with E-state index in [4.69, 9.17) is 53.9 Å². The van der Waals surface area contributed by atoms with Crippen molar-refractivity contribution in [2.45, 2.75) is 93.0 Å². The molecule has 263 valence electrons. The first-order chi connectivity index (χ1) is 20.7. The van der Waals surface area contributed by atoms with Gasteiger partial charge in [-0.25, -0.2) is 0 Å². The number of nitrogens with zero attached hydrogens (tertiary/aromatic N) is 2. The Morgan fingerprint density at radius 3 is 0.864 bits per heavy atom. The molecule has 0 aliphatic rings. The van der Waals surface area contributed by atoms with Gasteiger partial charge >= 0.3 is 316 Å². The van der Waals surface area contributed by atoms with E-state index >= 15 is 0 Å². The Morgan fingerprint density at radius 2 is 0.659 bits per heavy atom. The molecule has 0 aromatic rings. The molecule has 16 heteroatoms. The van der Waals surface area contributed by atoms with Crippen LogP contribution < -0.4 is 0 Å². The Kier molecular flexibility index (Phi) is 28.8. The number of hydrogen-bond acceptors (Lipinski definition) is 14. The minimum atomic E-state index is -2.66. The fraction of sp³-hybridized carbons (Fsp3) is 1.00. The summed E-state index contributed by atoms with van der Waals surface area (Å²) in [7, 11) is 3.57. The summed E-state index contributed by atoms with van der Waals surface area (Å²) in [5.41, 5.74) is 0. The Balaban J connectivity index is 0. The number of rotatable bonds is 30. The van der Waals surface area contributed by atoms with Crippen LogP contribution in [-0.4, -0.2) is 173 Å². The zero-order valence-electron chi connectivity index (χ0n) is 28.7. The molecule has 0 radical (unpaired) electrons. The Bertz CT molecular complexity index is 611. The second-order valence-electron chi connectivity index (χ2n) is 8.64. The third-order valence-electron chi connectivity index (χ3n) is 5.77. The molecule has 0 rings (SSSR count). The molecule has 0 N–H and O–H groups in total. The Labute approximate surface area is 313 Å². The standard InChI is InChI=1S/2C14H30NO6.Sr.Ta.2H/c2*1-7-17-12-15(6)13(18-8-2,19-9-3)14(16,20-10-4)21-11-5;;;;/h2*7-12H2,1-6H3;;;;/q2*-1;;+2;;. The van der Waals surface area contributed by atoms with Crippen molar-refractivity contribution >= 4 is 45.5 Å². The zero-order chi connectivity index (χ0) is 32.8. The van der Waals surface area contributed by atoms with E-state index in [0.717, 1.165) is 0 Å². The predicted octanol–water partition coefficient (Wildman–Crippen LogP) is 2.77. The van der Waals surface area contributed by atoms with E-state index < -0.39 is 44.3 Å². The fourth-order valence-corrected chi connectivity index (χ4v) is 6.73. The molecule has 0 saturated carbocycles. The molecule has 0 aromatic heterocycles. The summed E-state index contributed by atoms with van der Waals surface area (Å²) in [5.74, 6) is -7.06. The molecule has 0 heterocycles. The van der Waals surface area contributed by atoms with E-state index in [-0.39, 0.29) is 112 Å². The van der Waals surface area contributed by atoms with Gasteiger partial charge in [-0.15, -0.1) is 0 Å². The van der Waals surface area contributed by atoms with Crippen molar-refractivity contribution in [3.8, 4) is 0 Å². The van der Waals surface area contributed by atoms with Crippen LogP contribution in [0.5, 0.6) is 0 Å². The van der Waals surface area contributed by atoms with Crippen LogP contribution in [0.1, 0.15) is 69.2 Å². The van der Waals surface area contributed by atoms with Gasteiger partial charge in [-0.2, -0.15) is 0 Å².